The van der Waals surface area contributed by atoms with Gasteiger partial charge >= 0.3 is 0 Å². The first kappa shape index (κ1) is 13.3. The number of rotatable bonds is 4. The molecule has 1 aromatic heterocycles. The van der Waals surface area contributed by atoms with Crippen LogP contribution in [0.5, 0.6) is 0 Å². The van der Waals surface area contributed by atoms with Crippen molar-refractivity contribution < 1.29 is 0 Å². The molecule has 0 amide bonds. The molecule has 1 N–H and O–H groups in total. The van der Waals surface area contributed by atoms with Crippen LogP contribution in [0.15, 0.2) is 21.2 Å². The molecule has 0 aliphatic heterocycles. The molecule has 1 unspecified atom stereocenters. The SMILES string of the molecule is CC(C)C(Cl)CNc1ncc(Br)cc1Br. The zero-order valence-corrected chi connectivity index (χ0v) is 12.5. The number of nitrogens with one attached hydrogen (secondary N) is 1. The van der Waals surface area contributed by atoms with E-state index < -0.39 is 0 Å². The van der Waals surface area contributed by atoms with Gasteiger partial charge in [-0.2, -0.15) is 0 Å². The van der Waals surface area contributed by atoms with E-state index in [9.17, 15) is 0 Å². The topological polar surface area (TPSA) is 24.9 Å². The Labute approximate surface area is 112 Å². The lowest BCUT2D eigenvalue weighted by Gasteiger charge is -2.15. The van der Waals surface area contributed by atoms with Gasteiger partial charge in [-0.3, -0.25) is 0 Å². The molecule has 0 aromatic carbocycles. The van der Waals surface area contributed by atoms with Gasteiger partial charge in [-0.15, -0.1) is 11.6 Å². The second-order valence-electron chi connectivity index (χ2n) is 3.62. The van der Waals surface area contributed by atoms with Gasteiger partial charge in [-0.05, 0) is 43.8 Å². The molecule has 15 heavy (non-hydrogen) atoms. The number of anilines is 1. The summed E-state index contributed by atoms with van der Waals surface area (Å²) in [5.41, 5.74) is 0. The maximum atomic E-state index is 6.13. The number of aromatic nitrogens is 1. The molecule has 0 aliphatic carbocycles. The van der Waals surface area contributed by atoms with Crippen LogP contribution in [0, 0.1) is 5.92 Å². The lowest BCUT2D eigenvalue weighted by Crippen LogP contribution is -2.20. The maximum Gasteiger partial charge on any atom is 0.140 e. The zero-order valence-electron chi connectivity index (χ0n) is 8.60. The van der Waals surface area contributed by atoms with E-state index in [1.165, 1.54) is 0 Å². The van der Waals surface area contributed by atoms with Gasteiger partial charge in [0, 0.05) is 17.2 Å². The van der Waals surface area contributed by atoms with Crippen LogP contribution < -0.4 is 5.32 Å². The molecule has 0 fully saturated rings. The lowest BCUT2D eigenvalue weighted by atomic mass is 10.1. The first-order chi connectivity index (χ1) is 7.00. The largest absolute Gasteiger partial charge is 0.368 e. The molecule has 0 radical (unpaired) electrons. The molecular weight excluding hydrogens is 343 g/mol. The smallest absolute Gasteiger partial charge is 0.140 e. The summed E-state index contributed by atoms with van der Waals surface area (Å²) < 4.78 is 1.88. The fourth-order valence-corrected chi connectivity index (χ4v) is 2.18. The van der Waals surface area contributed by atoms with Crippen LogP contribution in [0.2, 0.25) is 0 Å². The highest BCUT2D eigenvalue weighted by Crippen LogP contribution is 2.23. The average molecular weight is 356 g/mol. The minimum atomic E-state index is 0.113. The van der Waals surface area contributed by atoms with Crippen molar-refractivity contribution in [3.8, 4) is 0 Å². The van der Waals surface area contributed by atoms with Crippen molar-refractivity contribution in [2.75, 3.05) is 11.9 Å². The molecular formula is C10H13Br2ClN2. The Morgan fingerprint density at radius 2 is 2.13 bits per heavy atom. The Kier molecular flexibility index (Phi) is 5.36. The molecule has 0 aliphatic rings. The Hall–Kier alpha value is 0.200. The molecule has 5 heteroatoms. The highest BCUT2D eigenvalue weighted by molar-refractivity contribution is 9.11. The molecule has 2 nitrogen and oxygen atoms in total. The average Bonchev–Trinajstić information content (AvgIpc) is 2.15. The Balaban J connectivity index is 2.58. The molecule has 0 spiro atoms. The van der Waals surface area contributed by atoms with Gasteiger partial charge in [-0.25, -0.2) is 4.98 Å². The predicted molar refractivity (Wildman–Crippen MR) is 72.6 cm³/mol. The summed E-state index contributed by atoms with van der Waals surface area (Å²) in [5, 5.41) is 3.32. The normalized spacial score (nSPS) is 12.9. The fourth-order valence-electron chi connectivity index (χ4n) is 0.975. The third-order valence-corrected chi connectivity index (χ3v) is 3.69. The Bertz CT molecular complexity index is 331. The van der Waals surface area contributed by atoms with Gasteiger partial charge in [0.1, 0.15) is 5.82 Å². The number of pyridine rings is 1. The van der Waals surface area contributed by atoms with Crippen LogP contribution in [0.25, 0.3) is 0 Å². The van der Waals surface area contributed by atoms with Crippen molar-refractivity contribution in [3.63, 3.8) is 0 Å². The van der Waals surface area contributed by atoms with E-state index in [2.05, 4.69) is 56.0 Å². The monoisotopic (exact) mass is 354 g/mol. The molecule has 0 saturated heterocycles. The van der Waals surface area contributed by atoms with E-state index in [-0.39, 0.29) is 5.38 Å². The van der Waals surface area contributed by atoms with E-state index in [1.807, 2.05) is 6.07 Å². The number of nitrogens with zero attached hydrogens (tertiary/aromatic N) is 1. The fraction of sp³-hybridized carbons (Fsp3) is 0.500. The van der Waals surface area contributed by atoms with Crippen LogP contribution in [0.1, 0.15) is 13.8 Å². The molecule has 1 atom stereocenters. The van der Waals surface area contributed by atoms with Crippen LogP contribution in [0.4, 0.5) is 5.82 Å². The quantitative estimate of drug-likeness (QED) is 0.815. The summed E-state index contributed by atoms with van der Waals surface area (Å²) in [7, 11) is 0. The molecule has 0 saturated carbocycles. The highest BCUT2D eigenvalue weighted by atomic mass is 79.9. The number of alkyl halides is 1. The van der Waals surface area contributed by atoms with E-state index in [4.69, 9.17) is 11.6 Å². The first-order valence-electron chi connectivity index (χ1n) is 4.69. The van der Waals surface area contributed by atoms with E-state index >= 15 is 0 Å². The van der Waals surface area contributed by atoms with Gasteiger partial charge in [0.05, 0.1) is 9.85 Å². The zero-order chi connectivity index (χ0) is 11.4. The second-order valence-corrected chi connectivity index (χ2v) is 5.96. The maximum absolute atomic E-state index is 6.13. The van der Waals surface area contributed by atoms with Gasteiger partial charge in [0.2, 0.25) is 0 Å². The van der Waals surface area contributed by atoms with Crippen molar-refractivity contribution in [1.82, 2.24) is 4.98 Å². The molecule has 0 bridgehead atoms. The van der Waals surface area contributed by atoms with Gasteiger partial charge in [-0.1, -0.05) is 13.8 Å². The van der Waals surface area contributed by atoms with Crippen LogP contribution in [-0.2, 0) is 0 Å². The molecule has 84 valence electrons. The molecule has 1 rings (SSSR count). The van der Waals surface area contributed by atoms with Gasteiger partial charge in [0.15, 0.2) is 0 Å². The minimum absolute atomic E-state index is 0.113. The summed E-state index contributed by atoms with van der Waals surface area (Å²) in [6, 6.07) is 1.95. The summed E-state index contributed by atoms with van der Waals surface area (Å²) in [4.78, 5) is 4.25. The Morgan fingerprint density at radius 1 is 1.47 bits per heavy atom. The lowest BCUT2D eigenvalue weighted by molar-refractivity contribution is 0.615. The summed E-state index contributed by atoms with van der Waals surface area (Å²) in [5.74, 6) is 1.28. The first-order valence-corrected chi connectivity index (χ1v) is 6.72. The highest BCUT2D eigenvalue weighted by Gasteiger charge is 2.10. The standard InChI is InChI=1S/C10H13Br2ClN2/c1-6(2)9(13)5-15-10-8(12)3-7(11)4-14-10/h3-4,6,9H,5H2,1-2H3,(H,14,15). The molecule has 1 heterocycles. The predicted octanol–water partition coefficient (Wildman–Crippen LogP) is 4.28. The van der Waals surface area contributed by atoms with Crippen molar-refractivity contribution in [2.45, 2.75) is 19.2 Å². The number of hydrogen-bond acceptors (Lipinski definition) is 2. The second kappa shape index (κ2) is 6.06. The van der Waals surface area contributed by atoms with Gasteiger partial charge < -0.3 is 5.32 Å². The van der Waals surface area contributed by atoms with Crippen molar-refractivity contribution >= 4 is 49.3 Å². The van der Waals surface area contributed by atoms with Crippen LogP contribution in [0.3, 0.4) is 0 Å². The summed E-state index contributed by atoms with van der Waals surface area (Å²) >= 11 is 12.9. The molecule has 1 aromatic rings. The van der Waals surface area contributed by atoms with E-state index in [0.29, 0.717) is 12.5 Å². The van der Waals surface area contributed by atoms with Crippen LogP contribution >= 0.6 is 43.5 Å². The van der Waals surface area contributed by atoms with Crippen LogP contribution in [-0.4, -0.2) is 16.9 Å². The number of halogens is 3. The minimum Gasteiger partial charge on any atom is -0.368 e. The van der Waals surface area contributed by atoms with Crippen molar-refractivity contribution in [3.05, 3.63) is 21.2 Å². The number of hydrogen-bond donors (Lipinski definition) is 1. The van der Waals surface area contributed by atoms with Gasteiger partial charge in [0.25, 0.3) is 0 Å². The Morgan fingerprint density at radius 3 is 2.67 bits per heavy atom. The summed E-state index contributed by atoms with van der Waals surface area (Å²) in [6.07, 6.45) is 1.76. The van der Waals surface area contributed by atoms with E-state index in [1.54, 1.807) is 6.20 Å². The summed E-state index contributed by atoms with van der Waals surface area (Å²) in [6.45, 7) is 4.92. The van der Waals surface area contributed by atoms with Crippen molar-refractivity contribution in [2.24, 2.45) is 5.92 Å². The van der Waals surface area contributed by atoms with Crippen molar-refractivity contribution in [1.29, 1.82) is 0 Å². The van der Waals surface area contributed by atoms with E-state index in [0.717, 1.165) is 14.8 Å². The third kappa shape index (κ3) is 4.29. The third-order valence-electron chi connectivity index (χ3n) is 2.00.